The highest BCUT2D eigenvalue weighted by molar-refractivity contribution is 6.30. The number of nitrogens with one attached hydrogen (secondary N) is 1. The summed E-state index contributed by atoms with van der Waals surface area (Å²) in [4.78, 5) is 10.9. The van der Waals surface area contributed by atoms with E-state index in [1.54, 1.807) is 25.1 Å². The molecule has 0 heterocycles. The molecule has 0 aromatic heterocycles. The minimum atomic E-state index is -0.458. The van der Waals surface area contributed by atoms with Crippen LogP contribution in [0.2, 0.25) is 5.02 Å². The van der Waals surface area contributed by atoms with Gasteiger partial charge in [0.1, 0.15) is 11.8 Å². The van der Waals surface area contributed by atoms with Crippen LogP contribution in [0, 0.1) is 0 Å². The van der Waals surface area contributed by atoms with E-state index in [2.05, 4.69) is 5.32 Å². The van der Waals surface area contributed by atoms with E-state index in [0.29, 0.717) is 23.1 Å². The van der Waals surface area contributed by atoms with Gasteiger partial charge in [-0.1, -0.05) is 11.6 Å². The SMILES string of the molecule is CCOc1cc(Cl)ccc1NC(C)C(N)=O. The summed E-state index contributed by atoms with van der Waals surface area (Å²) in [7, 11) is 0. The maximum atomic E-state index is 10.9. The molecule has 5 heteroatoms. The first kappa shape index (κ1) is 12.6. The number of carbonyl (C=O) groups excluding carboxylic acids is 1. The summed E-state index contributed by atoms with van der Waals surface area (Å²) in [5.41, 5.74) is 5.88. The number of hydrogen-bond acceptors (Lipinski definition) is 3. The minimum absolute atomic E-state index is 0.419. The fourth-order valence-electron chi connectivity index (χ4n) is 1.19. The average Bonchev–Trinajstić information content (AvgIpc) is 2.22. The molecule has 3 N–H and O–H groups in total. The molecule has 0 aliphatic heterocycles. The lowest BCUT2D eigenvalue weighted by Crippen LogP contribution is -2.32. The van der Waals surface area contributed by atoms with Gasteiger partial charge in [0.05, 0.1) is 12.3 Å². The number of anilines is 1. The normalized spacial score (nSPS) is 11.9. The topological polar surface area (TPSA) is 64.3 Å². The molecular weight excluding hydrogens is 228 g/mol. The Balaban J connectivity index is 2.89. The Bertz CT molecular complexity index is 382. The van der Waals surface area contributed by atoms with E-state index in [4.69, 9.17) is 22.1 Å². The van der Waals surface area contributed by atoms with Gasteiger partial charge in [-0.05, 0) is 26.0 Å². The molecule has 0 fully saturated rings. The molecule has 0 saturated carbocycles. The minimum Gasteiger partial charge on any atom is -0.492 e. The Morgan fingerprint density at radius 1 is 1.62 bits per heavy atom. The van der Waals surface area contributed by atoms with Gasteiger partial charge in [-0.3, -0.25) is 4.79 Å². The van der Waals surface area contributed by atoms with Crippen molar-refractivity contribution in [2.75, 3.05) is 11.9 Å². The molecule has 4 nitrogen and oxygen atoms in total. The number of amides is 1. The predicted molar refractivity (Wildman–Crippen MR) is 64.9 cm³/mol. The summed E-state index contributed by atoms with van der Waals surface area (Å²) in [6, 6.07) is 4.72. The molecule has 1 unspecified atom stereocenters. The Morgan fingerprint density at radius 2 is 2.31 bits per heavy atom. The second kappa shape index (κ2) is 5.61. The maximum Gasteiger partial charge on any atom is 0.239 e. The second-order valence-electron chi connectivity index (χ2n) is 3.34. The standard InChI is InChI=1S/C11H15ClN2O2/c1-3-16-10-6-8(12)4-5-9(10)14-7(2)11(13)15/h4-7,14H,3H2,1-2H3,(H2,13,15). The molecule has 1 aromatic carbocycles. The Hall–Kier alpha value is -1.42. The monoisotopic (exact) mass is 242 g/mol. The number of primary amides is 1. The van der Waals surface area contributed by atoms with Crippen molar-refractivity contribution in [3.63, 3.8) is 0 Å². The molecule has 0 spiro atoms. The van der Waals surface area contributed by atoms with Crippen molar-refractivity contribution >= 4 is 23.2 Å². The molecule has 0 radical (unpaired) electrons. The zero-order valence-corrected chi connectivity index (χ0v) is 10.0. The number of benzene rings is 1. The lowest BCUT2D eigenvalue weighted by Gasteiger charge is -2.15. The molecule has 0 bridgehead atoms. The van der Waals surface area contributed by atoms with Crippen LogP contribution in [0.25, 0.3) is 0 Å². The highest BCUT2D eigenvalue weighted by Crippen LogP contribution is 2.28. The molecule has 0 saturated heterocycles. The van der Waals surface area contributed by atoms with Gasteiger partial charge in [-0.25, -0.2) is 0 Å². The van der Waals surface area contributed by atoms with Crippen LogP contribution in [0.1, 0.15) is 13.8 Å². The predicted octanol–water partition coefficient (Wildman–Crippen LogP) is 2.02. The van der Waals surface area contributed by atoms with E-state index in [1.165, 1.54) is 0 Å². The molecule has 1 amide bonds. The fraction of sp³-hybridized carbons (Fsp3) is 0.364. The van der Waals surface area contributed by atoms with E-state index >= 15 is 0 Å². The third-order valence-corrected chi connectivity index (χ3v) is 2.28. The second-order valence-corrected chi connectivity index (χ2v) is 3.78. The van der Waals surface area contributed by atoms with Gasteiger partial charge in [0, 0.05) is 11.1 Å². The Morgan fingerprint density at radius 3 is 2.88 bits per heavy atom. The van der Waals surface area contributed by atoms with Crippen LogP contribution in [-0.2, 0) is 4.79 Å². The van der Waals surface area contributed by atoms with Gasteiger partial charge in [-0.2, -0.15) is 0 Å². The van der Waals surface area contributed by atoms with Crippen LogP contribution in [0.15, 0.2) is 18.2 Å². The molecule has 1 rings (SSSR count). The van der Waals surface area contributed by atoms with Crippen molar-refractivity contribution in [2.24, 2.45) is 5.73 Å². The van der Waals surface area contributed by atoms with E-state index in [0.717, 1.165) is 0 Å². The summed E-state index contributed by atoms with van der Waals surface area (Å²) < 4.78 is 5.40. The summed E-state index contributed by atoms with van der Waals surface area (Å²) in [5, 5.41) is 3.55. The van der Waals surface area contributed by atoms with E-state index in [9.17, 15) is 4.79 Å². The van der Waals surface area contributed by atoms with E-state index < -0.39 is 11.9 Å². The quantitative estimate of drug-likeness (QED) is 0.830. The lowest BCUT2D eigenvalue weighted by atomic mass is 10.2. The molecule has 1 aromatic rings. The van der Waals surface area contributed by atoms with Crippen LogP contribution in [0.4, 0.5) is 5.69 Å². The number of carbonyl (C=O) groups is 1. The number of nitrogens with two attached hydrogens (primary N) is 1. The molecule has 0 aliphatic rings. The fourth-order valence-corrected chi connectivity index (χ4v) is 1.36. The van der Waals surface area contributed by atoms with Gasteiger partial charge in [-0.15, -0.1) is 0 Å². The van der Waals surface area contributed by atoms with Crippen LogP contribution < -0.4 is 15.8 Å². The molecule has 88 valence electrons. The average molecular weight is 243 g/mol. The third kappa shape index (κ3) is 3.31. The Kier molecular flexibility index (Phi) is 4.43. The first-order valence-corrected chi connectivity index (χ1v) is 5.40. The molecule has 0 aliphatic carbocycles. The smallest absolute Gasteiger partial charge is 0.239 e. The van der Waals surface area contributed by atoms with Crippen molar-refractivity contribution in [3.8, 4) is 5.75 Å². The van der Waals surface area contributed by atoms with E-state index in [1.807, 2.05) is 6.92 Å². The van der Waals surface area contributed by atoms with Gasteiger partial charge in [0.2, 0.25) is 5.91 Å². The van der Waals surface area contributed by atoms with Gasteiger partial charge in [0.25, 0.3) is 0 Å². The van der Waals surface area contributed by atoms with Gasteiger partial charge in [0.15, 0.2) is 0 Å². The van der Waals surface area contributed by atoms with E-state index in [-0.39, 0.29) is 0 Å². The summed E-state index contributed by atoms with van der Waals surface area (Å²) in [6.45, 7) is 4.09. The summed E-state index contributed by atoms with van der Waals surface area (Å²) in [5.74, 6) is 0.195. The number of ether oxygens (including phenoxy) is 1. The number of hydrogen-bond donors (Lipinski definition) is 2. The maximum absolute atomic E-state index is 10.9. The largest absolute Gasteiger partial charge is 0.492 e. The highest BCUT2D eigenvalue weighted by atomic mass is 35.5. The van der Waals surface area contributed by atoms with Crippen molar-refractivity contribution in [2.45, 2.75) is 19.9 Å². The molecule has 1 atom stereocenters. The molecule has 16 heavy (non-hydrogen) atoms. The van der Waals surface area contributed by atoms with Crippen LogP contribution >= 0.6 is 11.6 Å². The number of halogens is 1. The molecular formula is C11H15ClN2O2. The van der Waals surface area contributed by atoms with Crippen molar-refractivity contribution in [3.05, 3.63) is 23.2 Å². The van der Waals surface area contributed by atoms with Crippen LogP contribution in [0.5, 0.6) is 5.75 Å². The first-order chi connectivity index (χ1) is 7.54. The number of rotatable bonds is 5. The van der Waals surface area contributed by atoms with Crippen molar-refractivity contribution < 1.29 is 9.53 Å². The third-order valence-electron chi connectivity index (χ3n) is 2.04. The summed E-state index contributed by atoms with van der Waals surface area (Å²) in [6.07, 6.45) is 0. The van der Waals surface area contributed by atoms with Crippen LogP contribution in [0.3, 0.4) is 0 Å². The van der Waals surface area contributed by atoms with Crippen molar-refractivity contribution in [1.82, 2.24) is 0 Å². The van der Waals surface area contributed by atoms with Gasteiger partial charge < -0.3 is 15.8 Å². The Labute approximate surface area is 99.7 Å². The highest BCUT2D eigenvalue weighted by Gasteiger charge is 2.11. The van der Waals surface area contributed by atoms with Gasteiger partial charge >= 0.3 is 0 Å². The zero-order valence-electron chi connectivity index (χ0n) is 9.29. The summed E-state index contributed by atoms with van der Waals surface area (Å²) >= 11 is 5.85. The van der Waals surface area contributed by atoms with Crippen LogP contribution in [-0.4, -0.2) is 18.6 Å². The van der Waals surface area contributed by atoms with Crippen molar-refractivity contribution in [1.29, 1.82) is 0 Å². The zero-order chi connectivity index (χ0) is 12.1. The first-order valence-electron chi connectivity index (χ1n) is 5.02. The lowest BCUT2D eigenvalue weighted by molar-refractivity contribution is -0.118.